The number of hydrogen-bond acceptors (Lipinski definition) is 3. The summed E-state index contributed by atoms with van der Waals surface area (Å²) in [6.07, 6.45) is 2.08. The number of benzene rings is 1. The molecule has 0 fully saturated rings. The summed E-state index contributed by atoms with van der Waals surface area (Å²) in [6.45, 7) is 5.69. The lowest BCUT2D eigenvalue weighted by molar-refractivity contribution is -0.154. The summed E-state index contributed by atoms with van der Waals surface area (Å²) in [5.41, 5.74) is 1.68. The van der Waals surface area contributed by atoms with Gasteiger partial charge in [0.05, 0.1) is 6.61 Å². The van der Waals surface area contributed by atoms with Gasteiger partial charge in [-0.05, 0) is 44.7 Å². The molecule has 0 saturated carbocycles. The molecule has 100 valence electrons. The highest BCUT2D eigenvalue weighted by molar-refractivity contribution is 5.69. The van der Waals surface area contributed by atoms with Gasteiger partial charge in [-0.25, -0.2) is 0 Å². The summed E-state index contributed by atoms with van der Waals surface area (Å²) in [5.74, 6) is -0.144. The molecular weight excluding hydrogens is 228 g/mol. The zero-order valence-electron chi connectivity index (χ0n) is 11.4. The molecule has 0 radical (unpaired) electrons. The van der Waals surface area contributed by atoms with Crippen LogP contribution in [-0.4, -0.2) is 16.7 Å². The summed E-state index contributed by atoms with van der Waals surface area (Å²) in [5, 5.41) is 8.92. The van der Waals surface area contributed by atoms with Crippen LogP contribution in [0.4, 0.5) is 0 Å². The SMILES string of the molecule is CC(C)(C)OC(=O)CCCc1ccc(CO)cc1. The van der Waals surface area contributed by atoms with Crippen molar-refractivity contribution in [3.05, 3.63) is 35.4 Å². The number of aryl methyl sites for hydroxylation is 1. The van der Waals surface area contributed by atoms with Crippen molar-refractivity contribution in [2.24, 2.45) is 0 Å². The van der Waals surface area contributed by atoms with E-state index in [4.69, 9.17) is 9.84 Å². The van der Waals surface area contributed by atoms with Crippen LogP contribution in [0.5, 0.6) is 0 Å². The van der Waals surface area contributed by atoms with Crippen LogP contribution in [0.25, 0.3) is 0 Å². The molecule has 0 spiro atoms. The number of ether oxygens (including phenoxy) is 1. The number of esters is 1. The molecule has 0 bridgehead atoms. The van der Waals surface area contributed by atoms with Gasteiger partial charge in [-0.1, -0.05) is 24.3 Å². The second-order valence-electron chi connectivity index (χ2n) is 5.41. The second kappa shape index (κ2) is 6.55. The smallest absolute Gasteiger partial charge is 0.306 e. The third-order valence-electron chi connectivity index (χ3n) is 2.47. The fourth-order valence-corrected chi connectivity index (χ4v) is 1.64. The number of aliphatic hydroxyl groups is 1. The molecule has 0 aliphatic heterocycles. The molecule has 0 amide bonds. The molecule has 0 heterocycles. The zero-order chi connectivity index (χ0) is 13.6. The van der Waals surface area contributed by atoms with Gasteiger partial charge in [0, 0.05) is 6.42 Å². The van der Waals surface area contributed by atoms with Crippen molar-refractivity contribution < 1.29 is 14.6 Å². The average Bonchev–Trinajstić information content (AvgIpc) is 2.27. The van der Waals surface area contributed by atoms with Gasteiger partial charge in [0.25, 0.3) is 0 Å². The van der Waals surface area contributed by atoms with E-state index < -0.39 is 5.60 Å². The highest BCUT2D eigenvalue weighted by Crippen LogP contribution is 2.11. The highest BCUT2D eigenvalue weighted by Gasteiger charge is 2.15. The third-order valence-corrected chi connectivity index (χ3v) is 2.47. The normalized spacial score (nSPS) is 11.3. The molecule has 1 N–H and O–H groups in total. The predicted molar refractivity (Wildman–Crippen MR) is 71.1 cm³/mol. The van der Waals surface area contributed by atoms with Gasteiger partial charge in [-0.15, -0.1) is 0 Å². The van der Waals surface area contributed by atoms with Crippen molar-refractivity contribution in [3.8, 4) is 0 Å². The Morgan fingerprint density at radius 3 is 2.22 bits per heavy atom. The van der Waals surface area contributed by atoms with Crippen LogP contribution in [0, 0.1) is 0 Å². The summed E-state index contributed by atoms with van der Waals surface area (Å²) >= 11 is 0. The molecule has 3 nitrogen and oxygen atoms in total. The first kappa shape index (κ1) is 14.7. The van der Waals surface area contributed by atoms with Crippen molar-refractivity contribution in [1.82, 2.24) is 0 Å². The molecule has 3 heteroatoms. The number of hydrogen-bond donors (Lipinski definition) is 1. The van der Waals surface area contributed by atoms with Gasteiger partial charge >= 0.3 is 5.97 Å². The van der Waals surface area contributed by atoms with Crippen LogP contribution in [0.1, 0.15) is 44.7 Å². The maximum Gasteiger partial charge on any atom is 0.306 e. The van der Waals surface area contributed by atoms with Gasteiger partial charge in [0.2, 0.25) is 0 Å². The lowest BCUT2D eigenvalue weighted by Crippen LogP contribution is -2.23. The lowest BCUT2D eigenvalue weighted by Gasteiger charge is -2.19. The Bertz CT molecular complexity index is 374. The van der Waals surface area contributed by atoms with E-state index in [1.807, 2.05) is 45.0 Å². The minimum Gasteiger partial charge on any atom is -0.460 e. The van der Waals surface area contributed by atoms with Crippen molar-refractivity contribution in [2.75, 3.05) is 0 Å². The van der Waals surface area contributed by atoms with Crippen LogP contribution in [0.3, 0.4) is 0 Å². The fraction of sp³-hybridized carbons (Fsp3) is 0.533. The monoisotopic (exact) mass is 250 g/mol. The Labute approximate surface area is 109 Å². The van der Waals surface area contributed by atoms with Crippen LogP contribution in [0.15, 0.2) is 24.3 Å². The largest absolute Gasteiger partial charge is 0.460 e. The Kier molecular flexibility index (Phi) is 5.35. The van der Waals surface area contributed by atoms with E-state index in [-0.39, 0.29) is 12.6 Å². The molecule has 18 heavy (non-hydrogen) atoms. The van der Waals surface area contributed by atoms with E-state index in [2.05, 4.69) is 0 Å². The molecule has 1 aromatic carbocycles. The predicted octanol–water partition coefficient (Wildman–Crippen LogP) is 2.84. The molecule has 1 aromatic rings. The Balaban J connectivity index is 2.30. The third kappa shape index (κ3) is 5.82. The summed E-state index contributed by atoms with van der Waals surface area (Å²) in [7, 11) is 0. The topological polar surface area (TPSA) is 46.5 Å². The van der Waals surface area contributed by atoms with E-state index in [1.165, 1.54) is 5.56 Å². The standard InChI is InChI=1S/C15H22O3/c1-15(2,3)18-14(17)6-4-5-12-7-9-13(11-16)10-8-12/h7-10,16H,4-6,11H2,1-3H3. The highest BCUT2D eigenvalue weighted by atomic mass is 16.6. The molecule has 1 rings (SSSR count). The zero-order valence-corrected chi connectivity index (χ0v) is 11.4. The van der Waals surface area contributed by atoms with E-state index in [9.17, 15) is 4.79 Å². The Hall–Kier alpha value is -1.35. The van der Waals surface area contributed by atoms with Crippen molar-refractivity contribution >= 4 is 5.97 Å². The van der Waals surface area contributed by atoms with Crippen LogP contribution < -0.4 is 0 Å². The first-order valence-corrected chi connectivity index (χ1v) is 6.31. The first-order chi connectivity index (χ1) is 8.40. The number of carbonyl (C=O) groups excluding carboxylic acids is 1. The minimum atomic E-state index is -0.403. The summed E-state index contributed by atoms with van der Waals surface area (Å²) < 4.78 is 5.24. The maximum atomic E-state index is 11.5. The van der Waals surface area contributed by atoms with Crippen molar-refractivity contribution in [2.45, 2.75) is 52.2 Å². The van der Waals surface area contributed by atoms with Crippen molar-refractivity contribution in [3.63, 3.8) is 0 Å². The van der Waals surface area contributed by atoms with Crippen molar-refractivity contribution in [1.29, 1.82) is 0 Å². The summed E-state index contributed by atoms with van der Waals surface area (Å²) in [6, 6.07) is 7.78. The first-order valence-electron chi connectivity index (χ1n) is 6.31. The number of rotatable bonds is 5. The van der Waals surface area contributed by atoms with E-state index in [0.717, 1.165) is 18.4 Å². The molecule has 0 aliphatic carbocycles. The number of carbonyl (C=O) groups is 1. The minimum absolute atomic E-state index is 0.0676. The summed E-state index contributed by atoms with van der Waals surface area (Å²) in [4.78, 5) is 11.5. The number of aliphatic hydroxyl groups excluding tert-OH is 1. The molecule has 0 aliphatic rings. The Morgan fingerprint density at radius 2 is 1.72 bits per heavy atom. The maximum absolute atomic E-state index is 11.5. The van der Waals surface area contributed by atoms with Gasteiger partial charge < -0.3 is 9.84 Å². The molecular formula is C15H22O3. The van der Waals surface area contributed by atoms with Crippen LogP contribution in [-0.2, 0) is 22.6 Å². The molecule has 0 unspecified atom stereocenters. The second-order valence-corrected chi connectivity index (χ2v) is 5.41. The molecule has 0 atom stereocenters. The van der Waals surface area contributed by atoms with E-state index in [1.54, 1.807) is 0 Å². The van der Waals surface area contributed by atoms with E-state index >= 15 is 0 Å². The van der Waals surface area contributed by atoms with Gasteiger partial charge in [-0.3, -0.25) is 4.79 Å². The Morgan fingerprint density at radius 1 is 1.17 bits per heavy atom. The quantitative estimate of drug-likeness (QED) is 0.817. The van der Waals surface area contributed by atoms with Crippen LogP contribution >= 0.6 is 0 Å². The molecule has 0 saturated heterocycles. The fourth-order valence-electron chi connectivity index (χ4n) is 1.64. The average molecular weight is 250 g/mol. The molecule has 0 aromatic heterocycles. The van der Waals surface area contributed by atoms with Crippen LogP contribution in [0.2, 0.25) is 0 Å². The van der Waals surface area contributed by atoms with Gasteiger partial charge in [0.1, 0.15) is 5.60 Å². The van der Waals surface area contributed by atoms with Gasteiger partial charge in [-0.2, -0.15) is 0 Å². The van der Waals surface area contributed by atoms with Gasteiger partial charge in [0.15, 0.2) is 0 Å². The lowest BCUT2D eigenvalue weighted by atomic mass is 10.1. The van der Waals surface area contributed by atoms with E-state index in [0.29, 0.717) is 6.42 Å².